The number of carbonyl (C=O) groups excluding carboxylic acids is 8. The fourth-order valence-corrected chi connectivity index (χ4v) is 14.3. The lowest BCUT2D eigenvalue weighted by atomic mass is 10.0. The van der Waals surface area contributed by atoms with Gasteiger partial charge >= 0.3 is 12.1 Å². The third-order valence-electron chi connectivity index (χ3n) is 15.7. The van der Waals surface area contributed by atoms with Crippen LogP contribution in [0.1, 0.15) is 181 Å². The zero-order valence-corrected chi connectivity index (χ0v) is 56.6. The first-order valence-electron chi connectivity index (χ1n) is 29.1. The number of aromatic nitrogens is 2. The van der Waals surface area contributed by atoms with Gasteiger partial charge in [-0.3, -0.25) is 38.7 Å². The molecular formula is C60H112N12O10S8. The lowest BCUT2D eigenvalue weighted by Crippen LogP contribution is -2.51. The molecular weight excluding hydrogens is 1310 g/mol. The molecule has 8 rings (SSSR count). The minimum Gasteiger partial charge on any atom is -0.386 e. The quantitative estimate of drug-likeness (QED) is 0.0296. The van der Waals surface area contributed by atoms with Crippen LogP contribution in [0.4, 0.5) is 9.59 Å². The summed E-state index contributed by atoms with van der Waals surface area (Å²) in [6.45, 7) is 3.68. The smallest absolute Gasteiger partial charge is 0.315 e. The van der Waals surface area contributed by atoms with Crippen molar-refractivity contribution in [2.75, 3.05) is 50.8 Å². The van der Waals surface area contributed by atoms with Gasteiger partial charge in [0.05, 0.1) is 24.2 Å². The maximum Gasteiger partial charge on any atom is 0.315 e. The number of likely N-dealkylation sites (tertiary alicyclic amines) is 2. The first-order valence-corrected chi connectivity index (χ1v) is 31.2. The van der Waals surface area contributed by atoms with Gasteiger partial charge in [0, 0.05) is 112 Å². The third kappa shape index (κ3) is 29.8. The molecule has 0 unspecified atom stereocenters. The number of aliphatic hydroxyl groups is 2. The van der Waals surface area contributed by atoms with E-state index >= 15 is 0 Å². The molecule has 0 aliphatic carbocycles. The fraction of sp³-hybridized carbons (Fsp3) is 0.700. The molecule has 10 atom stereocenters. The van der Waals surface area contributed by atoms with Crippen LogP contribution in [0.5, 0.6) is 0 Å². The largest absolute Gasteiger partial charge is 0.386 e. The van der Waals surface area contributed by atoms with Gasteiger partial charge in [-0.15, -0.1) is 0 Å². The molecule has 22 nitrogen and oxygen atoms in total. The molecule has 520 valence electrons. The van der Waals surface area contributed by atoms with Crippen LogP contribution in [0.25, 0.3) is 0 Å². The van der Waals surface area contributed by atoms with Crippen LogP contribution in [-0.2, 0) is 28.8 Å². The van der Waals surface area contributed by atoms with Crippen molar-refractivity contribution in [3.8, 4) is 0 Å². The highest BCUT2D eigenvalue weighted by atomic mass is 32.2. The summed E-state index contributed by atoms with van der Waals surface area (Å²) in [6, 6.07) is 5.24. The SMILES string of the molecule is C.C.C.C.O=C(CCCC[C@@H]1SC[C@@H]2NC(=O)N[C@@H]21)NCCCCCC(=O)N[C@@H](C(=O)N1CCCC1)[C@@H](O)c1ccncc1.O=C(CCCC[C@@H]1SC[C@@H]2NC(=O)N[C@@H]21)NCCCCCC(=O)N[C@H](C(=O)N1CCCC1)[C@H](O)c1ccncc1.S.S.S.S.S.S. The summed E-state index contributed by atoms with van der Waals surface area (Å²) in [7, 11) is 0. The molecule has 2 aromatic heterocycles. The van der Waals surface area contributed by atoms with Gasteiger partial charge in [-0.25, -0.2) is 9.59 Å². The molecule has 30 heteroatoms. The molecule has 0 aromatic carbocycles. The van der Waals surface area contributed by atoms with E-state index in [-0.39, 0.29) is 195 Å². The highest BCUT2D eigenvalue weighted by molar-refractivity contribution is 8.00. The van der Waals surface area contributed by atoms with E-state index in [9.17, 15) is 48.6 Å². The number of nitrogens with one attached hydrogen (secondary N) is 8. The number of aliphatic hydroxyl groups excluding tert-OH is 2. The van der Waals surface area contributed by atoms with E-state index in [2.05, 4.69) is 52.5 Å². The Kier molecular flexibility index (Phi) is 51.4. The second-order valence-corrected chi connectivity index (χ2v) is 24.2. The van der Waals surface area contributed by atoms with E-state index < -0.39 is 24.3 Å². The predicted octanol–water partition coefficient (Wildman–Crippen LogP) is 6.47. The number of urea groups is 2. The predicted molar refractivity (Wildman–Crippen MR) is 394 cm³/mol. The first-order chi connectivity index (χ1) is 38.8. The van der Waals surface area contributed by atoms with Crippen molar-refractivity contribution in [2.24, 2.45) is 0 Å². The fourth-order valence-electron chi connectivity index (χ4n) is 11.2. The third-order valence-corrected chi connectivity index (χ3v) is 18.7. The van der Waals surface area contributed by atoms with E-state index in [1.807, 2.05) is 23.5 Å². The topological polar surface area (TPSA) is 306 Å². The number of rotatable bonds is 30. The van der Waals surface area contributed by atoms with Crippen molar-refractivity contribution in [1.29, 1.82) is 0 Å². The second kappa shape index (κ2) is 49.9. The van der Waals surface area contributed by atoms with E-state index in [0.29, 0.717) is 86.6 Å². The zero-order valence-electron chi connectivity index (χ0n) is 49.0. The normalized spacial score (nSPS) is 20.6. The number of pyridine rings is 2. The Balaban J connectivity index is -0.000000740. The molecule has 10 N–H and O–H groups in total. The van der Waals surface area contributed by atoms with Crippen LogP contribution < -0.4 is 42.5 Å². The minimum atomic E-state index is -1.15. The van der Waals surface area contributed by atoms with Crippen LogP contribution in [-0.4, -0.2) is 175 Å². The first kappa shape index (κ1) is 92.8. The van der Waals surface area contributed by atoms with E-state index in [4.69, 9.17) is 0 Å². The van der Waals surface area contributed by atoms with E-state index in [0.717, 1.165) is 101 Å². The molecule has 6 saturated heterocycles. The number of hydrogen-bond acceptors (Lipinski definition) is 14. The Morgan fingerprint density at radius 1 is 0.478 bits per heavy atom. The average molecular weight is 1420 g/mol. The summed E-state index contributed by atoms with van der Waals surface area (Å²) in [5.74, 6) is 0.918. The van der Waals surface area contributed by atoms with Crippen molar-refractivity contribution in [3.63, 3.8) is 0 Å². The van der Waals surface area contributed by atoms with Crippen LogP contribution >= 0.6 is 104 Å². The molecule has 6 aliphatic rings. The molecule has 8 heterocycles. The summed E-state index contributed by atoms with van der Waals surface area (Å²) in [5, 5.41) is 45.9. The van der Waals surface area contributed by atoms with Gasteiger partial charge in [-0.2, -0.15) is 104 Å². The number of carbonyl (C=O) groups is 8. The lowest BCUT2D eigenvalue weighted by Gasteiger charge is -2.28. The Labute approximate surface area is 586 Å². The second-order valence-electron chi connectivity index (χ2n) is 21.7. The maximum atomic E-state index is 13.1. The van der Waals surface area contributed by atoms with Crippen molar-refractivity contribution in [2.45, 2.75) is 217 Å². The van der Waals surface area contributed by atoms with Gasteiger partial charge in [0.1, 0.15) is 24.3 Å². The minimum absolute atomic E-state index is 0. The Morgan fingerprint density at radius 3 is 1.14 bits per heavy atom. The average Bonchev–Trinajstić information content (AvgIpc) is 1.96. The van der Waals surface area contributed by atoms with E-state index in [1.165, 1.54) is 0 Å². The number of nitrogens with zero attached hydrogens (tertiary/aromatic N) is 4. The van der Waals surface area contributed by atoms with Gasteiger partial charge in [0.25, 0.3) is 0 Å². The number of thioether (sulfide) groups is 2. The van der Waals surface area contributed by atoms with Crippen LogP contribution in [0.3, 0.4) is 0 Å². The lowest BCUT2D eigenvalue weighted by molar-refractivity contribution is -0.139. The molecule has 0 spiro atoms. The van der Waals surface area contributed by atoms with E-state index in [1.54, 1.807) is 58.9 Å². The summed E-state index contributed by atoms with van der Waals surface area (Å²) in [4.78, 5) is 110. The molecule has 2 aromatic rings. The van der Waals surface area contributed by atoms with Crippen LogP contribution in [0.2, 0.25) is 0 Å². The van der Waals surface area contributed by atoms with Gasteiger partial charge in [-0.1, -0.05) is 55.4 Å². The number of amides is 10. The Bertz CT molecular complexity index is 2200. The monoisotopic (exact) mass is 1420 g/mol. The van der Waals surface area contributed by atoms with Crippen molar-refractivity contribution in [1.82, 2.24) is 62.3 Å². The van der Waals surface area contributed by atoms with Gasteiger partial charge in [-0.05, 0) is 112 Å². The molecule has 90 heavy (non-hydrogen) atoms. The highest BCUT2D eigenvalue weighted by Gasteiger charge is 2.44. The number of hydrogen-bond donors (Lipinski definition) is 10. The van der Waals surface area contributed by atoms with Gasteiger partial charge in [0.15, 0.2) is 0 Å². The Hall–Kier alpha value is -3.62. The van der Waals surface area contributed by atoms with Crippen molar-refractivity contribution in [3.05, 3.63) is 60.2 Å². The zero-order chi connectivity index (χ0) is 56.6. The summed E-state index contributed by atoms with van der Waals surface area (Å²) < 4.78 is 0. The summed E-state index contributed by atoms with van der Waals surface area (Å²) in [5.41, 5.74) is 1.07. The maximum absolute atomic E-state index is 13.1. The Morgan fingerprint density at radius 2 is 0.800 bits per heavy atom. The molecule has 0 radical (unpaired) electrons. The number of unbranched alkanes of at least 4 members (excludes halogenated alkanes) is 6. The van der Waals surface area contributed by atoms with Crippen molar-refractivity contribution < 1.29 is 48.6 Å². The molecule has 10 amide bonds. The van der Waals surface area contributed by atoms with Crippen molar-refractivity contribution >= 4 is 152 Å². The summed E-state index contributed by atoms with van der Waals surface area (Å²) >= 11 is 3.78. The highest BCUT2D eigenvalue weighted by Crippen LogP contribution is 2.34. The summed E-state index contributed by atoms with van der Waals surface area (Å²) in [6.07, 6.45) is 19.0. The van der Waals surface area contributed by atoms with Gasteiger partial charge < -0.3 is 62.5 Å². The van der Waals surface area contributed by atoms with Crippen LogP contribution in [0, 0.1) is 0 Å². The molecule has 0 bridgehead atoms. The van der Waals surface area contributed by atoms with Gasteiger partial charge in [0.2, 0.25) is 35.4 Å². The molecule has 6 aliphatic heterocycles. The molecule has 0 saturated carbocycles. The standard InChI is InChI=1S/2C28H42N6O5S.4CH4.6H2S/c2*35-22(9-4-3-8-21-24-20(18-40-21)31-28(39)33-24)30-13-5-1-2-10-23(36)32-25(27(38)34-16-6-7-17-34)26(37)19-11-14-29-15-12-19;;;;;;;;;;/h2*11-12,14-15,20-21,24-26,37H,1-10,13,16-18H2,(H,30,35)(H,32,36)(H2,31,33,39);4*1H4;6*1H2/t20-,21-,24-,25+,26-;20-,21-,24-,25-,26+;;;;;;;;;;/m00........../s1. The molecule has 6 fully saturated rings. The van der Waals surface area contributed by atoms with Crippen LogP contribution in [0.15, 0.2) is 49.1 Å². The number of fused-ring (bicyclic) bond motifs is 2.